The number of hydrogen-bond acceptors (Lipinski definition) is 7. The van der Waals surface area contributed by atoms with Crippen molar-refractivity contribution in [1.29, 1.82) is 0 Å². The largest absolute Gasteiger partial charge is 0.507 e. The van der Waals surface area contributed by atoms with E-state index in [1.165, 1.54) is 24.3 Å². The van der Waals surface area contributed by atoms with Crippen LogP contribution in [0.3, 0.4) is 0 Å². The number of aliphatic hydroxyl groups is 1. The number of nitrogens with two attached hydrogens (primary N) is 1. The highest BCUT2D eigenvalue weighted by atomic mass is 16.5. The van der Waals surface area contributed by atoms with Gasteiger partial charge in [0.2, 0.25) is 5.78 Å². The van der Waals surface area contributed by atoms with E-state index in [1.54, 1.807) is 6.07 Å². The molecule has 2 aliphatic rings. The number of benzene rings is 2. The minimum atomic E-state index is -0.585. The molecular formula is C22H23NO6. The summed E-state index contributed by atoms with van der Waals surface area (Å²) in [5.74, 6) is -1.61. The van der Waals surface area contributed by atoms with Gasteiger partial charge in [-0.2, -0.15) is 0 Å². The van der Waals surface area contributed by atoms with Crippen molar-refractivity contribution < 1.29 is 29.6 Å². The first-order chi connectivity index (χ1) is 13.8. The molecule has 29 heavy (non-hydrogen) atoms. The minimum absolute atomic E-state index is 0.0177. The number of carbonyl (C=O) groups excluding carboxylic acids is 2. The Labute approximate surface area is 167 Å². The van der Waals surface area contributed by atoms with Gasteiger partial charge in [-0.1, -0.05) is 19.1 Å². The molecule has 0 bridgehead atoms. The van der Waals surface area contributed by atoms with E-state index in [1.807, 2.05) is 6.92 Å². The number of aliphatic hydroxyl groups excluding tert-OH is 1. The summed E-state index contributed by atoms with van der Waals surface area (Å²) in [5.41, 5.74) is 6.52. The van der Waals surface area contributed by atoms with E-state index in [0.29, 0.717) is 18.4 Å². The van der Waals surface area contributed by atoms with Crippen LogP contribution in [0.1, 0.15) is 57.2 Å². The molecule has 1 fully saturated rings. The molecule has 0 amide bonds. The number of rotatable bonds is 3. The van der Waals surface area contributed by atoms with Crippen molar-refractivity contribution in [2.24, 2.45) is 11.7 Å². The predicted octanol–water partition coefficient (Wildman–Crippen LogP) is 1.88. The van der Waals surface area contributed by atoms with E-state index < -0.39 is 17.7 Å². The Bertz CT molecular complexity index is 989. The van der Waals surface area contributed by atoms with Gasteiger partial charge in [-0.3, -0.25) is 9.59 Å². The summed E-state index contributed by atoms with van der Waals surface area (Å²) in [6, 6.07) is 6.90. The van der Waals surface area contributed by atoms with Gasteiger partial charge in [0, 0.05) is 17.2 Å². The Hall–Kier alpha value is -2.74. The van der Waals surface area contributed by atoms with Crippen molar-refractivity contribution in [1.82, 2.24) is 0 Å². The lowest BCUT2D eigenvalue weighted by molar-refractivity contribution is -0.0458. The Morgan fingerprint density at radius 1 is 1.03 bits per heavy atom. The second-order valence-electron chi connectivity index (χ2n) is 7.93. The molecule has 152 valence electrons. The van der Waals surface area contributed by atoms with Crippen molar-refractivity contribution in [3.05, 3.63) is 58.1 Å². The zero-order chi connectivity index (χ0) is 20.9. The average molecular weight is 397 g/mol. The van der Waals surface area contributed by atoms with Crippen LogP contribution in [-0.4, -0.2) is 45.1 Å². The second kappa shape index (κ2) is 7.26. The third-order valence-electron chi connectivity index (χ3n) is 5.84. The molecule has 0 spiro atoms. The maximum Gasteiger partial charge on any atom is 0.201 e. The zero-order valence-corrected chi connectivity index (χ0v) is 16.0. The summed E-state index contributed by atoms with van der Waals surface area (Å²) in [5, 5.41) is 30.4. The fourth-order valence-corrected chi connectivity index (χ4v) is 4.29. The molecule has 2 aliphatic carbocycles. The van der Waals surface area contributed by atoms with Gasteiger partial charge in [-0.05, 0) is 42.5 Å². The van der Waals surface area contributed by atoms with Gasteiger partial charge >= 0.3 is 0 Å². The molecular weight excluding hydrogens is 374 g/mol. The number of ketones is 2. The molecule has 0 aliphatic heterocycles. The summed E-state index contributed by atoms with van der Waals surface area (Å²) in [4.78, 5) is 25.7. The van der Waals surface area contributed by atoms with E-state index in [2.05, 4.69) is 0 Å². The molecule has 2 aromatic rings. The fraction of sp³-hybridized carbons (Fsp3) is 0.364. The fourth-order valence-electron chi connectivity index (χ4n) is 4.29. The third-order valence-corrected chi connectivity index (χ3v) is 5.84. The molecule has 4 rings (SSSR count). The van der Waals surface area contributed by atoms with Gasteiger partial charge in [0.1, 0.15) is 11.5 Å². The van der Waals surface area contributed by atoms with Crippen LogP contribution in [0.25, 0.3) is 0 Å². The summed E-state index contributed by atoms with van der Waals surface area (Å²) >= 11 is 0. The summed E-state index contributed by atoms with van der Waals surface area (Å²) in [6.07, 6.45) is 0.488. The monoisotopic (exact) mass is 397 g/mol. The van der Waals surface area contributed by atoms with Gasteiger partial charge in [-0.25, -0.2) is 0 Å². The van der Waals surface area contributed by atoms with E-state index in [-0.39, 0.29) is 58.4 Å². The lowest BCUT2D eigenvalue weighted by atomic mass is 9.82. The first-order valence-corrected chi connectivity index (χ1v) is 9.60. The van der Waals surface area contributed by atoms with Crippen LogP contribution in [0.4, 0.5) is 0 Å². The molecule has 7 nitrogen and oxygen atoms in total. The van der Waals surface area contributed by atoms with Gasteiger partial charge in [0.05, 0.1) is 29.9 Å². The molecule has 0 heterocycles. The van der Waals surface area contributed by atoms with Gasteiger partial charge < -0.3 is 25.8 Å². The van der Waals surface area contributed by atoms with E-state index in [0.717, 1.165) is 0 Å². The van der Waals surface area contributed by atoms with Crippen LogP contribution in [0.5, 0.6) is 11.5 Å². The second-order valence-corrected chi connectivity index (χ2v) is 7.93. The SMILES string of the molecule is C[C@H]1C[C@@H](OCc2cc(O)c3c(c2)C(=O)c2cccc(O)c2C3=O)C[C@@H](N)[C@@H]1O. The molecule has 4 atom stereocenters. The number of aromatic hydroxyl groups is 2. The van der Waals surface area contributed by atoms with Crippen molar-refractivity contribution in [3.63, 3.8) is 0 Å². The van der Waals surface area contributed by atoms with Crippen LogP contribution < -0.4 is 5.73 Å². The average Bonchev–Trinajstić information content (AvgIpc) is 2.68. The molecule has 0 unspecified atom stereocenters. The molecule has 2 aromatic carbocycles. The van der Waals surface area contributed by atoms with Crippen molar-refractivity contribution in [2.75, 3.05) is 0 Å². The highest BCUT2D eigenvalue weighted by Gasteiger charge is 2.35. The van der Waals surface area contributed by atoms with E-state index >= 15 is 0 Å². The first kappa shape index (κ1) is 19.6. The van der Waals surface area contributed by atoms with Crippen LogP contribution in [0.2, 0.25) is 0 Å². The van der Waals surface area contributed by atoms with Gasteiger partial charge in [0.25, 0.3) is 0 Å². The van der Waals surface area contributed by atoms with Crippen molar-refractivity contribution >= 4 is 11.6 Å². The highest BCUT2D eigenvalue weighted by Crippen LogP contribution is 2.37. The number of hydrogen-bond donors (Lipinski definition) is 4. The van der Waals surface area contributed by atoms with E-state index in [4.69, 9.17) is 10.5 Å². The van der Waals surface area contributed by atoms with Crippen molar-refractivity contribution in [3.8, 4) is 11.5 Å². The predicted molar refractivity (Wildman–Crippen MR) is 104 cm³/mol. The van der Waals surface area contributed by atoms with Crippen LogP contribution in [0.15, 0.2) is 30.3 Å². The third kappa shape index (κ3) is 3.31. The smallest absolute Gasteiger partial charge is 0.201 e. The topological polar surface area (TPSA) is 130 Å². The number of ether oxygens (including phenoxy) is 1. The molecule has 1 saturated carbocycles. The zero-order valence-electron chi connectivity index (χ0n) is 16.0. The summed E-state index contributed by atoms with van der Waals surface area (Å²) in [7, 11) is 0. The highest BCUT2D eigenvalue weighted by molar-refractivity contribution is 6.30. The Morgan fingerprint density at radius 3 is 2.48 bits per heavy atom. The van der Waals surface area contributed by atoms with Crippen LogP contribution >= 0.6 is 0 Å². The quantitative estimate of drug-likeness (QED) is 0.531. The lowest BCUT2D eigenvalue weighted by Crippen LogP contribution is -2.47. The molecule has 7 heteroatoms. The first-order valence-electron chi connectivity index (χ1n) is 9.60. The Kier molecular flexibility index (Phi) is 4.90. The van der Waals surface area contributed by atoms with Crippen molar-refractivity contribution in [2.45, 2.75) is 44.6 Å². The molecule has 5 N–H and O–H groups in total. The number of carbonyl (C=O) groups is 2. The molecule has 0 radical (unpaired) electrons. The van der Waals surface area contributed by atoms with E-state index in [9.17, 15) is 24.9 Å². The normalized spacial score (nSPS) is 26.2. The maximum absolute atomic E-state index is 12.9. The summed E-state index contributed by atoms with van der Waals surface area (Å²) in [6.45, 7) is 2.05. The lowest BCUT2D eigenvalue weighted by Gasteiger charge is -2.35. The Balaban J connectivity index is 1.60. The van der Waals surface area contributed by atoms with Crippen LogP contribution in [-0.2, 0) is 11.3 Å². The molecule has 0 aromatic heterocycles. The number of fused-ring (bicyclic) bond motifs is 2. The standard InChI is InChI=1S/C22H23NO6/c1-10-5-12(8-15(23)20(10)26)29-9-11-6-14-19(17(25)7-11)22(28)18-13(21(14)27)3-2-4-16(18)24/h2-4,6-7,10,12,15,20,24-26H,5,8-9,23H2,1H3/t10-,12+,15+,20+/m0/s1. The number of phenolic OH excluding ortho intramolecular Hbond substituents is 2. The maximum atomic E-state index is 12.9. The van der Waals surface area contributed by atoms with Gasteiger partial charge in [-0.15, -0.1) is 0 Å². The Morgan fingerprint density at radius 2 is 1.76 bits per heavy atom. The summed E-state index contributed by atoms with van der Waals surface area (Å²) < 4.78 is 5.92. The van der Waals surface area contributed by atoms with Crippen LogP contribution in [0, 0.1) is 5.92 Å². The van der Waals surface area contributed by atoms with Gasteiger partial charge in [0.15, 0.2) is 5.78 Å². The molecule has 0 saturated heterocycles. The minimum Gasteiger partial charge on any atom is -0.507 e. The number of phenols is 2.